The van der Waals surface area contributed by atoms with Crippen LogP contribution in [-0.2, 0) is 13.1 Å². The van der Waals surface area contributed by atoms with Gasteiger partial charge in [0.25, 0.3) is 5.56 Å². The first-order chi connectivity index (χ1) is 7.10. The molecule has 1 heterocycles. The maximum atomic E-state index is 11.7. The highest BCUT2D eigenvalue weighted by Crippen LogP contribution is 2.03. The van der Waals surface area contributed by atoms with E-state index < -0.39 is 0 Å². The third-order valence-electron chi connectivity index (χ3n) is 1.91. The number of hydrogen-bond acceptors (Lipinski definition) is 2. The van der Waals surface area contributed by atoms with Crippen LogP contribution in [-0.4, -0.2) is 9.13 Å². The SMILES string of the molecule is CCn1ccc(=O)n(CC(Cl)=CCl)c1=O. The fourth-order valence-corrected chi connectivity index (χ4v) is 1.32. The van der Waals surface area contributed by atoms with Crippen LogP contribution in [0, 0.1) is 0 Å². The van der Waals surface area contributed by atoms with Crippen molar-refractivity contribution in [3.63, 3.8) is 0 Å². The molecule has 0 saturated carbocycles. The molecule has 0 amide bonds. The summed E-state index contributed by atoms with van der Waals surface area (Å²) < 4.78 is 2.45. The Kier molecular flexibility index (Phi) is 4.17. The zero-order valence-corrected chi connectivity index (χ0v) is 9.62. The van der Waals surface area contributed by atoms with Gasteiger partial charge in [0.1, 0.15) is 0 Å². The minimum atomic E-state index is -0.388. The van der Waals surface area contributed by atoms with Crippen LogP contribution in [0.25, 0.3) is 0 Å². The Morgan fingerprint density at radius 2 is 2.20 bits per heavy atom. The largest absolute Gasteiger partial charge is 0.331 e. The van der Waals surface area contributed by atoms with Gasteiger partial charge < -0.3 is 4.57 Å². The molecule has 1 aromatic heterocycles. The van der Waals surface area contributed by atoms with Gasteiger partial charge in [0, 0.05) is 29.4 Å². The second kappa shape index (κ2) is 5.19. The van der Waals surface area contributed by atoms with Crippen LogP contribution < -0.4 is 11.2 Å². The number of rotatable bonds is 3. The first-order valence-electron chi connectivity index (χ1n) is 4.35. The van der Waals surface area contributed by atoms with Crippen LogP contribution in [0.2, 0.25) is 0 Å². The van der Waals surface area contributed by atoms with E-state index in [1.54, 1.807) is 0 Å². The third kappa shape index (κ3) is 2.73. The van der Waals surface area contributed by atoms with E-state index in [-0.39, 0.29) is 22.8 Å². The van der Waals surface area contributed by atoms with Crippen molar-refractivity contribution in [1.82, 2.24) is 9.13 Å². The fourth-order valence-electron chi connectivity index (χ4n) is 1.13. The highest BCUT2D eigenvalue weighted by atomic mass is 35.5. The molecule has 15 heavy (non-hydrogen) atoms. The van der Waals surface area contributed by atoms with E-state index in [4.69, 9.17) is 23.2 Å². The molecule has 0 saturated heterocycles. The van der Waals surface area contributed by atoms with Crippen molar-refractivity contribution >= 4 is 23.2 Å². The van der Waals surface area contributed by atoms with E-state index in [1.807, 2.05) is 6.92 Å². The molecule has 0 spiro atoms. The molecule has 0 aliphatic heterocycles. The maximum absolute atomic E-state index is 11.7. The Morgan fingerprint density at radius 3 is 2.73 bits per heavy atom. The number of aryl methyl sites for hydroxylation is 1. The Balaban J connectivity index is 3.28. The molecule has 1 aromatic rings. The molecule has 0 fully saturated rings. The minimum Gasteiger partial charge on any atom is -0.301 e. The monoisotopic (exact) mass is 248 g/mol. The number of hydrogen-bond donors (Lipinski definition) is 0. The van der Waals surface area contributed by atoms with Gasteiger partial charge in [0.2, 0.25) is 0 Å². The Bertz CT molecular complexity index is 488. The summed E-state index contributed by atoms with van der Waals surface area (Å²) >= 11 is 11.0. The summed E-state index contributed by atoms with van der Waals surface area (Å²) in [6.07, 6.45) is 1.46. The van der Waals surface area contributed by atoms with Crippen molar-refractivity contribution in [3.05, 3.63) is 43.7 Å². The third-order valence-corrected chi connectivity index (χ3v) is 2.51. The number of nitrogens with zero attached hydrogens (tertiary/aromatic N) is 2. The van der Waals surface area contributed by atoms with E-state index in [9.17, 15) is 9.59 Å². The molecule has 0 aliphatic carbocycles. The molecule has 0 bridgehead atoms. The van der Waals surface area contributed by atoms with Gasteiger partial charge in [0.05, 0.1) is 6.54 Å². The normalized spacial score (nSPS) is 11.8. The van der Waals surface area contributed by atoms with Crippen molar-refractivity contribution in [1.29, 1.82) is 0 Å². The molecule has 1 rings (SSSR count). The van der Waals surface area contributed by atoms with Crippen LogP contribution in [0.15, 0.2) is 32.4 Å². The lowest BCUT2D eigenvalue weighted by molar-refractivity contribution is 0.603. The molecule has 4 nitrogen and oxygen atoms in total. The van der Waals surface area contributed by atoms with E-state index in [0.29, 0.717) is 6.54 Å². The molecule has 0 radical (unpaired) electrons. The van der Waals surface area contributed by atoms with Gasteiger partial charge in [-0.3, -0.25) is 9.36 Å². The molecule has 0 aliphatic rings. The lowest BCUT2D eigenvalue weighted by Crippen LogP contribution is -2.38. The van der Waals surface area contributed by atoms with Crippen molar-refractivity contribution in [2.45, 2.75) is 20.0 Å². The number of aromatic nitrogens is 2. The Morgan fingerprint density at radius 1 is 1.53 bits per heavy atom. The molecule has 0 N–H and O–H groups in total. The average molecular weight is 249 g/mol. The fraction of sp³-hybridized carbons (Fsp3) is 0.333. The Labute approximate surface area is 96.4 Å². The molecular weight excluding hydrogens is 239 g/mol. The van der Waals surface area contributed by atoms with Gasteiger partial charge in [-0.1, -0.05) is 23.2 Å². The van der Waals surface area contributed by atoms with Gasteiger partial charge in [0.15, 0.2) is 0 Å². The lowest BCUT2D eigenvalue weighted by Gasteiger charge is -2.06. The van der Waals surface area contributed by atoms with Crippen LogP contribution in [0.4, 0.5) is 0 Å². The number of allylic oxidation sites excluding steroid dienone is 1. The van der Waals surface area contributed by atoms with Gasteiger partial charge in [-0.25, -0.2) is 4.79 Å². The quantitative estimate of drug-likeness (QED) is 0.811. The zero-order valence-electron chi connectivity index (χ0n) is 8.11. The van der Waals surface area contributed by atoms with Crippen molar-refractivity contribution in [3.8, 4) is 0 Å². The van der Waals surface area contributed by atoms with Gasteiger partial charge >= 0.3 is 5.69 Å². The lowest BCUT2D eigenvalue weighted by atomic mass is 10.5. The van der Waals surface area contributed by atoms with E-state index in [1.165, 1.54) is 16.8 Å². The highest BCUT2D eigenvalue weighted by molar-refractivity contribution is 6.36. The number of halogens is 2. The maximum Gasteiger partial charge on any atom is 0.331 e. The predicted molar refractivity (Wildman–Crippen MR) is 60.4 cm³/mol. The summed E-state index contributed by atoms with van der Waals surface area (Å²) in [5.41, 5.74) is 0.361. The van der Waals surface area contributed by atoms with Gasteiger partial charge in [-0.05, 0) is 6.92 Å². The average Bonchev–Trinajstić information content (AvgIpc) is 2.24. The zero-order chi connectivity index (χ0) is 11.4. The predicted octanol–water partition coefficient (Wildman–Crippen LogP) is 1.35. The van der Waals surface area contributed by atoms with Crippen molar-refractivity contribution in [2.24, 2.45) is 0 Å². The van der Waals surface area contributed by atoms with Crippen molar-refractivity contribution < 1.29 is 0 Å². The van der Waals surface area contributed by atoms with Crippen molar-refractivity contribution in [2.75, 3.05) is 0 Å². The van der Waals surface area contributed by atoms with Crippen LogP contribution in [0.3, 0.4) is 0 Å². The first kappa shape index (κ1) is 12.1. The summed E-state index contributed by atoms with van der Waals surface area (Å²) in [4.78, 5) is 23.0. The first-order valence-corrected chi connectivity index (χ1v) is 5.16. The molecule has 0 atom stereocenters. The molecule has 6 heteroatoms. The highest BCUT2D eigenvalue weighted by Gasteiger charge is 2.04. The minimum absolute atomic E-state index is 0.00353. The van der Waals surface area contributed by atoms with Crippen LogP contribution in [0.1, 0.15) is 6.92 Å². The smallest absolute Gasteiger partial charge is 0.301 e. The summed E-state index contributed by atoms with van der Waals surface area (Å²) in [5, 5.41) is 0.240. The summed E-state index contributed by atoms with van der Waals surface area (Å²) in [6, 6.07) is 1.32. The van der Waals surface area contributed by atoms with E-state index >= 15 is 0 Å². The summed E-state index contributed by atoms with van der Waals surface area (Å²) in [7, 11) is 0. The van der Waals surface area contributed by atoms with Crippen LogP contribution >= 0.6 is 23.2 Å². The van der Waals surface area contributed by atoms with Gasteiger partial charge in [-0.15, -0.1) is 0 Å². The summed E-state index contributed by atoms with van der Waals surface area (Å²) in [6.45, 7) is 2.32. The second-order valence-electron chi connectivity index (χ2n) is 2.86. The second-order valence-corrected chi connectivity index (χ2v) is 3.57. The van der Waals surface area contributed by atoms with E-state index in [0.717, 1.165) is 10.1 Å². The molecule has 0 unspecified atom stereocenters. The molecule has 82 valence electrons. The van der Waals surface area contributed by atoms with Crippen LogP contribution in [0.5, 0.6) is 0 Å². The molecule has 0 aromatic carbocycles. The topological polar surface area (TPSA) is 44.0 Å². The van der Waals surface area contributed by atoms with E-state index in [2.05, 4.69) is 0 Å². The van der Waals surface area contributed by atoms with Gasteiger partial charge in [-0.2, -0.15) is 0 Å². The molecular formula is C9H10Cl2N2O2. The summed E-state index contributed by atoms with van der Waals surface area (Å²) in [5.74, 6) is 0. The standard InChI is InChI=1S/C9H10Cl2N2O2/c1-2-12-4-3-8(14)13(9(12)15)6-7(11)5-10/h3-5H,2,6H2,1H3. The Hall–Kier alpha value is -1.00.